The number of rotatable bonds is 6. The van der Waals surface area contributed by atoms with Crippen LogP contribution in [0.3, 0.4) is 0 Å². The minimum Gasteiger partial charge on any atom is -0.482 e. The first-order valence-corrected chi connectivity index (χ1v) is 9.12. The minimum absolute atomic E-state index is 0.0804. The number of aryl methyl sites for hydroxylation is 2. The Balaban J connectivity index is 1.64. The molecule has 0 saturated heterocycles. The lowest BCUT2D eigenvalue weighted by Crippen LogP contribution is -2.18. The van der Waals surface area contributed by atoms with Crippen LogP contribution in [-0.2, 0) is 4.79 Å². The van der Waals surface area contributed by atoms with Gasteiger partial charge in [0.1, 0.15) is 11.5 Å². The molecule has 0 aliphatic rings. The summed E-state index contributed by atoms with van der Waals surface area (Å²) in [5.74, 6) is 0.357. The Morgan fingerprint density at radius 2 is 1.50 bits per heavy atom. The molecule has 0 fully saturated rings. The molecule has 4 nitrogen and oxygen atoms in total. The number of carbonyl (C=O) groups is 2. The Labute approximate surface area is 168 Å². The Hall–Kier alpha value is -3.11. The van der Waals surface area contributed by atoms with E-state index in [0.717, 1.165) is 5.56 Å². The van der Waals surface area contributed by atoms with Gasteiger partial charge in [0, 0.05) is 16.1 Å². The summed E-state index contributed by atoms with van der Waals surface area (Å²) in [5.41, 5.74) is 2.67. The monoisotopic (exact) mass is 394 g/mol. The van der Waals surface area contributed by atoms with Crippen molar-refractivity contribution in [2.75, 3.05) is 6.61 Å². The standard InChI is InChI=1S/C23H19ClO4/c1-15-12-18(23(26)17-6-4-3-5-7-17)8-10-21(15)28-22(25)14-27-20-11-9-19(24)13-16(20)2/h3-13H,14H2,1-2H3. The molecule has 5 heteroatoms. The van der Waals surface area contributed by atoms with Gasteiger partial charge in [0.25, 0.3) is 0 Å². The summed E-state index contributed by atoms with van der Waals surface area (Å²) >= 11 is 5.91. The summed E-state index contributed by atoms with van der Waals surface area (Å²) in [6.45, 7) is 3.40. The number of benzene rings is 3. The lowest BCUT2D eigenvalue weighted by Gasteiger charge is -2.11. The van der Waals surface area contributed by atoms with Gasteiger partial charge in [0.15, 0.2) is 12.4 Å². The normalized spacial score (nSPS) is 10.4. The zero-order valence-electron chi connectivity index (χ0n) is 15.6. The third kappa shape index (κ3) is 4.78. The molecule has 142 valence electrons. The Morgan fingerprint density at radius 3 is 2.18 bits per heavy atom. The van der Waals surface area contributed by atoms with Crippen LogP contribution in [0.15, 0.2) is 66.7 Å². The van der Waals surface area contributed by atoms with E-state index < -0.39 is 5.97 Å². The van der Waals surface area contributed by atoms with Crippen molar-refractivity contribution in [2.45, 2.75) is 13.8 Å². The van der Waals surface area contributed by atoms with Crippen LogP contribution in [0.5, 0.6) is 11.5 Å². The highest BCUT2D eigenvalue weighted by molar-refractivity contribution is 6.30. The molecular formula is C23H19ClO4. The molecule has 3 rings (SSSR count). The fourth-order valence-electron chi connectivity index (χ4n) is 2.72. The van der Waals surface area contributed by atoms with Gasteiger partial charge in [0.05, 0.1) is 0 Å². The predicted octanol–water partition coefficient (Wildman–Crippen LogP) is 5.17. The van der Waals surface area contributed by atoms with Crippen molar-refractivity contribution in [3.63, 3.8) is 0 Å². The van der Waals surface area contributed by atoms with Gasteiger partial charge in [-0.1, -0.05) is 41.9 Å². The molecule has 0 unspecified atom stereocenters. The minimum atomic E-state index is -0.528. The number of ketones is 1. The van der Waals surface area contributed by atoms with E-state index in [-0.39, 0.29) is 12.4 Å². The van der Waals surface area contributed by atoms with Crippen LogP contribution < -0.4 is 9.47 Å². The molecule has 0 aliphatic heterocycles. The van der Waals surface area contributed by atoms with E-state index >= 15 is 0 Å². The fraction of sp³-hybridized carbons (Fsp3) is 0.130. The van der Waals surface area contributed by atoms with Gasteiger partial charge < -0.3 is 9.47 Å². The highest BCUT2D eigenvalue weighted by Crippen LogP contribution is 2.23. The number of hydrogen-bond acceptors (Lipinski definition) is 4. The molecule has 3 aromatic carbocycles. The Kier molecular flexibility index (Phi) is 6.12. The van der Waals surface area contributed by atoms with Crippen molar-refractivity contribution >= 4 is 23.4 Å². The largest absolute Gasteiger partial charge is 0.482 e. The zero-order valence-corrected chi connectivity index (χ0v) is 16.3. The molecule has 0 aliphatic carbocycles. The molecule has 0 radical (unpaired) electrons. The average molecular weight is 395 g/mol. The number of hydrogen-bond donors (Lipinski definition) is 0. The molecule has 0 heterocycles. The van der Waals surface area contributed by atoms with Crippen molar-refractivity contribution in [3.05, 3.63) is 94.0 Å². The van der Waals surface area contributed by atoms with E-state index in [1.165, 1.54) is 0 Å². The van der Waals surface area contributed by atoms with Gasteiger partial charge in [-0.2, -0.15) is 0 Å². The van der Waals surface area contributed by atoms with Crippen LogP contribution in [0.4, 0.5) is 0 Å². The van der Waals surface area contributed by atoms with Gasteiger partial charge in [-0.25, -0.2) is 4.79 Å². The van der Waals surface area contributed by atoms with Crippen LogP contribution >= 0.6 is 11.6 Å². The zero-order chi connectivity index (χ0) is 20.1. The predicted molar refractivity (Wildman–Crippen MR) is 108 cm³/mol. The first-order valence-electron chi connectivity index (χ1n) is 8.74. The topological polar surface area (TPSA) is 52.6 Å². The second-order valence-corrected chi connectivity index (χ2v) is 6.78. The number of carbonyl (C=O) groups excluding carboxylic acids is 2. The van der Waals surface area contributed by atoms with Crippen molar-refractivity contribution in [3.8, 4) is 11.5 Å². The first-order chi connectivity index (χ1) is 13.4. The molecule has 0 N–H and O–H groups in total. The van der Waals surface area contributed by atoms with Crippen molar-refractivity contribution in [1.82, 2.24) is 0 Å². The number of ether oxygens (including phenoxy) is 2. The second-order valence-electron chi connectivity index (χ2n) is 6.35. The van der Waals surface area contributed by atoms with E-state index in [9.17, 15) is 9.59 Å². The highest BCUT2D eigenvalue weighted by Gasteiger charge is 2.13. The molecule has 0 spiro atoms. The summed E-state index contributed by atoms with van der Waals surface area (Å²) in [4.78, 5) is 24.6. The van der Waals surface area contributed by atoms with E-state index in [0.29, 0.717) is 33.2 Å². The Bertz CT molecular complexity index is 1010. The van der Waals surface area contributed by atoms with Crippen molar-refractivity contribution < 1.29 is 19.1 Å². The maximum Gasteiger partial charge on any atom is 0.349 e. The summed E-state index contributed by atoms with van der Waals surface area (Å²) in [6, 6.07) is 19.2. The van der Waals surface area contributed by atoms with Crippen LogP contribution in [0.1, 0.15) is 27.0 Å². The quantitative estimate of drug-likeness (QED) is 0.328. The van der Waals surface area contributed by atoms with Crippen LogP contribution in [-0.4, -0.2) is 18.4 Å². The van der Waals surface area contributed by atoms with E-state index in [4.69, 9.17) is 21.1 Å². The molecule has 28 heavy (non-hydrogen) atoms. The average Bonchev–Trinajstić information content (AvgIpc) is 2.69. The van der Waals surface area contributed by atoms with Crippen LogP contribution in [0, 0.1) is 13.8 Å². The molecular weight excluding hydrogens is 376 g/mol. The van der Waals surface area contributed by atoms with Crippen LogP contribution in [0.2, 0.25) is 5.02 Å². The first kappa shape index (κ1) is 19.6. The molecule has 0 aromatic heterocycles. The molecule has 0 saturated carbocycles. The van der Waals surface area contributed by atoms with E-state index in [1.807, 2.05) is 25.1 Å². The van der Waals surface area contributed by atoms with Gasteiger partial charge in [-0.15, -0.1) is 0 Å². The van der Waals surface area contributed by atoms with Gasteiger partial charge in [0.2, 0.25) is 0 Å². The maximum atomic E-state index is 12.5. The lowest BCUT2D eigenvalue weighted by molar-refractivity contribution is -0.136. The van der Waals surface area contributed by atoms with E-state index in [2.05, 4.69) is 0 Å². The smallest absolute Gasteiger partial charge is 0.349 e. The molecule has 0 atom stereocenters. The van der Waals surface area contributed by atoms with Crippen molar-refractivity contribution in [2.24, 2.45) is 0 Å². The van der Waals surface area contributed by atoms with E-state index in [1.54, 1.807) is 55.5 Å². The maximum absolute atomic E-state index is 12.5. The number of halogens is 1. The fourth-order valence-corrected chi connectivity index (χ4v) is 2.95. The second kappa shape index (κ2) is 8.72. The number of esters is 1. The molecule has 0 amide bonds. The van der Waals surface area contributed by atoms with Gasteiger partial charge in [-0.3, -0.25) is 4.79 Å². The third-order valence-corrected chi connectivity index (χ3v) is 4.41. The highest BCUT2D eigenvalue weighted by atomic mass is 35.5. The summed E-state index contributed by atoms with van der Waals surface area (Å²) in [5, 5.41) is 0.605. The Morgan fingerprint density at radius 1 is 0.821 bits per heavy atom. The molecule has 0 bridgehead atoms. The van der Waals surface area contributed by atoms with Gasteiger partial charge >= 0.3 is 5.97 Å². The lowest BCUT2D eigenvalue weighted by atomic mass is 10.0. The summed E-state index contributed by atoms with van der Waals surface area (Å²) in [6.07, 6.45) is 0. The third-order valence-electron chi connectivity index (χ3n) is 4.18. The van der Waals surface area contributed by atoms with Crippen molar-refractivity contribution in [1.29, 1.82) is 0 Å². The SMILES string of the molecule is Cc1cc(Cl)ccc1OCC(=O)Oc1ccc(C(=O)c2ccccc2)cc1C. The summed E-state index contributed by atoms with van der Waals surface area (Å²) in [7, 11) is 0. The summed E-state index contributed by atoms with van der Waals surface area (Å²) < 4.78 is 10.9. The van der Waals surface area contributed by atoms with Gasteiger partial charge in [-0.05, 0) is 61.4 Å². The molecule has 3 aromatic rings. The van der Waals surface area contributed by atoms with Crippen LogP contribution in [0.25, 0.3) is 0 Å².